The molecular formula is C15H19NO4. The maximum Gasteiger partial charge on any atom is 0.307 e. The first-order valence-corrected chi connectivity index (χ1v) is 6.69. The van der Waals surface area contributed by atoms with Crippen molar-refractivity contribution >= 4 is 11.9 Å². The largest absolute Gasteiger partial charge is 0.481 e. The summed E-state index contributed by atoms with van der Waals surface area (Å²) in [6.07, 6.45) is 0.462. The number of carboxylic acid groups (broad SMARTS) is 1. The Morgan fingerprint density at radius 1 is 1.30 bits per heavy atom. The normalized spacial score (nSPS) is 20.4. The van der Waals surface area contributed by atoms with Gasteiger partial charge in [-0.3, -0.25) is 9.59 Å². The number of benzene rings is 1. The van der Waals surface area contributed by atoms with Crippen LogP contribution in [0.25, 0.3) is 0 Å². The Labute approximate surface area is 118 Å². The fourth-order valence-electron chi connectivity index (χ4n) is 2.10. The zero-order valence-corrected chi connectivity index (χ0v) is 11.5. The Morgan fingerprint density at radius 2 is 2.00 bits per heavy atom. The van der Waals surface area contributed by atoms with Crippen LogP contribution in [-0.4, -0.2) is 42.1 Å². The lowest BCUT2D eigenvalue weighted by atomic mass is 10.2. The van der Waals surface area contributed by atoms with Crippen LogP contribution < -0.4 is 0 Å². The molecule has 0 aliphatic heterocycles. The molecule has 0 aromatic heterocycles. The van der Waals surface area contributed by atoms with Gasteiger partial charge in [0.25, 0.3) is 0 Å². The van der Waals surface area contributed by atoms with E-state index in [0.29, 0.717) is 26.2 Å². The number of amides is 1. The molecule has 20 heavy (non-hydrogen) atoms. The first kappa shape index (κ1) is 14.5. The van der Waals surface area contributed by atoms with E-state index in [1.807, 2.05) is 30.3 Å². The van der Waals surface area contributed by atoms with Crippen LogP contribution in [0.4, 0.5) is 0 Å². The smallest absolute Gasteiger partial charge is 0.307 e. The number of nitrogens with zero attached hydrogens (tertiary/aromatic N) is 1. The van der Waals surface area contributed by atoms with Crippen molar-refractivity contribution < 1.29 is 19.4 Å². The highest BCUT2D eigenvalue weighted by Crippen LogP contribution is 2.39. The van der Waals surface area contributed by atoms with Gasteiger partial charge < -0.3 is 14.7 Å². The van der Waals surface area contributed by atoms with Crippen LogP contribution in [0.1, 0.15) is 12.0 Å². The summed E-state index contributed by atoms with van der Waals surface area (Å²) in [5, 5.41) is 8.80. The lowest BCUT2D eigenvalue weighted by Gasteiger charge is -2.17. The SMILES string of the molecule is CN(CCOCc1ccccc1)C(=O)C1CC1C(=O)O. The van der Waals surface area contributed by atoms with Crippen LogP contribution in [0.15, 0.2) is 30.3 Å². The molecule has 1 aliphatic carbocycles. The van der Waals surface area contributed by atoms with E-state index < -0.39 is 11.9 Å². The van der Waals surface area contributed by atoms with Crippen molar-refractivity contribution in [2.24, 2.45) is 11.8 Å². The van der Waals surface area contributed by atoms with Gasteiger partial charge in [0.05, 0.1) is 25.0 Å². The van der Waals surface area contributed by atoms with Gasteiger partial charge in [-0.25, -0.2) is 0 Å². The average Bonchev–Trinajstić information content (AvgIpc) is 3.24. The third-order valence-corrected chi connectivity index (χ3v) is 3.48. The molecule has 0 heterocycles. The molecule has 1 aliphatic rings. The molecule has 108 valence electrons. The fourth-order valence-corrected chi connectivity index (χ4v) is 2.10. The Morgan fingerprint density at radius 3 is 2.60 bits per heavy atom. The maximum absolute atomic E-state index is 11.9. The van der Waals surface area contributed by atoms with E-state index in [4.69, 9.17) is 9.84 Å². The molecule has 2 unspecified atom stereocenters. The first-order valence-electron chi connectivity index (χ1n) is 6.69. The minimum Gasteiger partial charge on any atom is -0.481 e. The molecule has 1 aromatic carbocycles. The number of hydrogen-bond donors (Lipinski definition) is 1. The molecule has 2 atom stereocenters. The maximum atomic E-state index is 11.9. The van der Waals surface area contributed by atoms with Gasteiger partial charge in [0.2, 0.25) is 5.91 Å². The zero-order valence-electron chi connectivity index (χ0n) is 11.5. The molecule has 5 heteroatoms. The molecule has 1 amide bonds. The lowest BCUT2D eigenvalue weighted by Crippen LogP contribution is -2.32. The van der Waals surface area contributed by atoms with Crippen molar-refractivity contribution in [2.75, 3.05) is 20.2 Å². The molecule has 0 radical (unpaired) electrons. The second-order valence-electron chi connectivity index (χ2n) is 5.08. The Hall–Kier alpha value is -1.88. The highest BCUT2D eigenvalue weighted by Gasteiger charge is 2.49. The number of ether oxygens (including phenoxy) is 1. The van der Waals surface area contributed by atoms with Gasteiger partial charge in [-0.1, -0.05) is 30.3 Å². The molecule has 1 fully saturated rings. The third kappa shape index (κ3) is 3.81. The van der Waals surface area contributed by atoms with Gasteiger partial charge >= 0.3 is 5.97 Å². The molecule has 1 saturated carbocycles. The topological polar surface area (TPSA) is 66.8 Å². The summed E-state index contributed by atoms with van der Waals surface area (Å²) >= 11 is 0. The van der Waals surface area contributed by atoms with Gasteiger partial charge in [0, 0.05) is 13.6 Å². The third-order valence-electron chi connectivity index (χ3n) is 3.48. The van der Waals surface area contributed by atoms with Crippen LogP contribution in [0, 0.1) is 11.8 Å². The fraction of sp³-hybridized carbons (Fsp3) is 0.467. The number of likely N-dealkylation sites (N-methyl/N-ethyl adjacent to an activating group) is 1. The average molecular weight is 277 g/mol. The summed E-state index contributed by atoms with van der Waals surface area (Å²) in [6, 6.07) is 9.82. The van der Waals surface area contributed by atoms with Gasteiger partial charge in [-0.05, 0) is 12.0 Å². The summed E-state index contributed by atoms with van der Waals surface area (Å²) in [6.45, 7) is 1.44. The van der Waals surface area contributed by atoms with E-state index in [1.165, 1.54) is 0 Å². The first-order chi connectivity index (χ1) is 9.59. The Kier molecular flexibility index (Phi) is 4.74. The summed E-state index contributed by atoms with van der Waals surface area (Å²) in [5.74, 6) is -1.81. The van der Waals surface area contributed by atoms with Crippen molar-refractivity contribution in [1.82, 2.24) is 4.90 Å². The standard InChI is InChI=1S/C15H19NO4/c1-16(14(17)12-9-13(12)15(18)19)7-8-20-10-11-5-3-2-4-6-11/h2-6,12-13H,7-10H2,1H3,(H,18,19). The summed E-state index contributed by atoms with van der Waals surface area (Å²) in [4.78, 5) is 24.2. The highest BCUT2D eigenvalue weighted by atomic mass is 16.5. The van der Waals surface area contributed by atoms with Gasteiger partial charge in [0.1, 0.15) is 0 Å². The summed E-state index contributed by atoms with van der Waals surface area (Å²) in [7, 11) is 1.69. The number of aliphatic carboxylic acids is 1. The molecule has 5 nitrogen and oxygen atoms in total. The molecule has 2 rings (SSSR count). The molecule has 0 saturated heterocycles. The van der Waals surface area contributed by atoms with E-state index in [2.05, 4.69) is 0 Å². The minimum absolute atomic E-state index is 0.0966. The number of carbonyl (C=O) groups excluding carboxylic acids is 1. The van der Waals surface area contributed by atoms with Crippen molar-refractivity contribution in [1.29, 1.82) is 0 Å². The highest BCUT2D eigenvalue weighted by molar-refractivity contribution is 5.89. The van der Waals surface area contributed by atoms with E-state index in [0.717, 1.165) is 5.56 Å². The number of hydrogen-bond acceptors (Lipinski definition) is 3. The molecular weight excluding hydrogens is 258 g/mol. The molecule has 0 spiro atoms. The van der Waals surface area contributed by atoms with E-state index >= 15 is 0 Å². The second kappa shape index (κ2) is 6.52. The lowest BCUT2D eigenvalue weighted by molar-refractivity contribution is -0.141. The van der Waals surface area contributed by atoms with Gasteiger partial charge in [0.15, 0.2) is 0 Å². The van der Waals surface area contributed by atoms with Crippen LogP contribution in [0.2, 0.25) is 0 Å². The number of carboxylic acids is 1. The predicted molar refractivity (Wildman–Crippen MR) is 73.0 cm³/mol. The second-order valence-corrected chi connectivity index (χ2v) is 5.08. The van der Waals surface area contributed by atoms with Gasteiger partial charge in [-0.2, -0.15) is 0 Å². The van der Waals surface area contributed by atoms with E-state index in [9.17, 15) is 9.59 Å². The van der Waals surface area contributed by atoms with Crippen molar-refractivity contribution in [3.05, 3.63) is 35.9 Å². The summed E-state index contributed by atoms with van der Waals surface area (Å²) < 4.78 is 5.50. The quantitative estimate of drug-likeness (QED) is 0.765. The van der Waals surface area contributed by atoms with Crippen LogP contribution >= 0.6 is 0 Å². The Bertz CT molecular complexity index is 474. The van der Waals surface area contributed by atoms with E-state index in [1.54, 1.807) is 11.9 Å². The zero-order chi connectivity index (χ0) is 14.5. The van der Waals surface area contributed by atoms with Gasteiger partial charge in [-0.15, -0.1) is 0 Å². The molecule has 0 bridgehead atoms. The van der Waals surface area contributed by atoms with E-state index in [-0.39, 0.29) is 11.8 Å². The summed E-state index contributed by atoms with van der Waals surface area (Å²) in [5.41, 5.74) is 1.09. The van der Waals surface area contributed by atoms with Crippen LogP contribution in [0.5, 0.6) is 0 Å². The van der Waals surface area contributed by atoms with Crippen molar-refractivity contribution in [3.63, 3.8) is 0 Å². The number of carbonyl (C=O) groups is 2. The van der Waals surface area contributed by atoms with Crippen LogP contribution in [0.3, 0.4) is 0 Å². The van der Waals surface area contributed by atoms with Crippen molar-refractivity contribution in [2.45, 2.75) is 13.0 Å². The van der Waals surface area contributed by atoms with Crippen molar-refractivity contribution in [3.8, 4) is 0 Å². The molecule has 1 aromatic rings. The monoisotopic (exact) mass is 277 g/mol. The minimum atomic E-state index is -0.878. The molecule has 1 N–H and O–H groups in total. The Balaban J connectivity index is 1.64. The number of rotatable bonds is 7. The van der Waals surface area contributed by atoms with Crippen LogP contribution in [-0.2, 0) is 20.9 Å². The predicted octanol–water partition coefficient (Wildman–Crippen LogP) is 1.38.